The van der Waals surface area contributed by atoms with Crippen molar-refractivity contribution < 1.29 is 10.2 Å². The van der Waals surface area contributed by atoms with Gasteiger partial charge in [-0.3, -0.25) is 0 Å². The SMILES string of the molecule is CCC(NC(C)c1c(O)cccc1O)c1ccc(Br)cc1. The minimum absolute atomic E-state index is 0.112. The summed E-state index contributed by atoms with van der Waals surface area (Å²) in [5.74, 6) is 0.223. The lowest BCUT2D eigenvalue weighted by molar-refractivity contribution is 0.397. The van der Waals surface area contributed by atoms with E-state index in [0.717, 1.165) is 10.9 Å². The third-order valence-electron chi connectivity index (χ3n) is 3.62. The first-order valence-electron chi connectivity index (χ1n) is 7.05. The summed E-state index contributed by atoms with van der Waals surface area (Å²) in [4.78, 5) is 0. The molecule has 0 aromatic heterocycles. The van der Waals surface area contributed by atoms with E-state index in [4.69, 9.17) is 0 Å². The summed E-state index contributed by atoms with van der Waals surface area (Å²) in [5.41, 5.74) is 1.72. The average Bonchev–Trinajstić information content (AvgIpc) is 2.45. The van der Waals surface area contributed by atoms with Crippen molar-refractivity contribution in [3.63, 3.8) is 0 Å². The Kier molecular flexibility index (Phi) is 5.26. The number of halogens is 1. The number of hydrogen-bond acceptors (Lipinski definition) is 3. The fourth-order valence-electron chi connectivity index (χ4n) is 2.51. The van der Waals surface area contributed by atoms with Crippen LogP contribution in [0.2, 0.25) is 0 Å². The van der Waals surface area contributed by atoms with Crippen molar-refractivity contribution in [3.8, 4) is 11.5 Å². The van der Waals surface area contributed by atoms with Crippen LogP contribution in [0.5, 0.6) is 11.5 Å². The second kappa shape index (κ2) is 6.96. The van der Waals surface area contributed by atoms with Gasteiger partial charge in [0.05, 0.1) is 5.56 Å². The van der Waals surface area contributed by atoms with Crippen molar-refractivity contribution in [3.05, 3.63) is 58.1 Å². The highest BCUT2D eigenvalue weighted by Gasteiger charge is 2.18. The van der Waals surface area contributed by atoms with Crippen molar-refractivity contribution in [2.45, 2.75) is 32.4 Å². The van der Waals surface area contributed by atoms with Gasteiger partial charge in [0, 0.05) is 16.6 Å². The average molecular weight is 350 g/mol. The third-order valence-corrected chi connectivity index (χ3v) is 4.15. The zero-order valence-electron chi connectivity index (χ0n) is 12.2. The van der Waals surface area contributed by atoms with Gasteiger partial charge in [-0.15, -0.1) is 0 Å². The van der Waals surface area contributed by atoms with Gasteiger partial charge in [0.1, 0.15) is 11.5 Å². The number of rotatable bonds is 5. The van der Waals surface area contributed by atoms with Crippen LogP contribution in [0.3, 0.4) is 0 Å². The highest BCUT2D eigenvalue weighted by Crippen LogP contribution is 2.34. The van der Waals surface area contributed by atoms with Gasteiger partial charge >= 0.3 is 0 Å². The molecule has 2 atom stereocenters. The van der Waals surface area contributed by atoms with Gasteiger partial charge in [-0.05, 0) is 43.2 Å². The van der Waals surface area contributed by atoms with Crippen molar-refractivity contribution in [2.24, 2.45) is 0 Å². The summed E-state index contributed by atoms with van der Waals surface area (Å²) in [6.45, 7) is 4.05. The molecule has 0 saturated heterocycles. The Balaban J connectivity index is 2.20. The molecule has 2 aromatic carbocycles. The Morgan fingerprint density at radius 3 is 2.14 bits per heavy atom. The molecule has 3 N–H and O–H groups in total. The van der Waals surface area contributed by atoms with Crippen LogP contribution in [0.25, 0.3) is 0 Å². The monoisotopic (exact) mass is 349 g/mol. The van der Waals surface area contributed by atoms with Gasteiger partial charge in [0.15, 0.2) is 0 Å². The van der Waals surface area contributed by atoms with Crippen LogP contribution in [0.15, 0.2) is 46.9 Å². The fourth-order valence-corrected chi connectivity index (χ4v) is 2.78. The number of phenolic OH excluding ortho intramolecular Hbond substituents is 2. The Bertz CT molecular complexity index is 578. The van der Waals surface area contributed by atoms with Gasteiger partial charge in [-0.1, -0.05) is 41.1 Å². The molecule has 2 rings (SSSR count). The molecule has 0 aliphatic rings. The molecule has 0 bridgehead atoms. The molecule has 4 heteroatoms. The van der Waals surface area contributed by atoms with Crippen molar-refractivity contribution in [1.82, 2.24) is 5.32 Å². The molecule has 0 saturated carbocycles. The van der Waals surface area contributed by atoms with E-state index in [-0.39, 0.29) is 23.6 Å². The van der Waals surface area contributed by atoms with Gasteiger partial charge in [0.25, 0.3) is 0 Å². The second-order valence-corrected chi connectivity index (χ2v) is 6.03. The molecule has 0 aliphatic carbocycles. The molecular formula is C17H20BrNO2. The minimum Gasteiger partial charge on any atom is -0.507 e. The predicted molar refractivity (Wildman–Crippen MR) is 88.5 cm³/mol. The number of hydrogen-bond donors (Lipinski definition) is 3. The molecule has 2 unspecified atom stereocenters. The topological polar surface area (TPSA) is 52.5 Å². The van der Waals surface area contributed by atoms with E-state index in [9.17, 15) is 10.2 Å². The predicted octanol–water partition coefficient (Wildman–Crippen LogP) is 4.66. The highest BCUT2D eigenvalue weighted by molar-refractivity contribution is 9.10. The van der Waals surface area contributed by atoms with E-state index in [2.05, 4.69) is 40.3 Å². The van der Waals surface area contributed by atoms with E-state index in [1.165, 1.54) is 5.56 Å². The molecule has 3 nitrogen and oxygen atoms in total. The molecular weight excluding hydrogens is 330 g/mol. The molecule has 0 heterocycles. The minimum atomic E-state index is -0.153. The van der Waals surface area contributed by atoms with Gasteiger partial charge in [-0.2, -0.15) is 0 Å². The maximum Gasteiger partial charge on any atom is 0.124 e. The van der Waals surface area contributed by atoms with Crippen LogP contribution in [-0.4, -0.2) is 10.2 Å². The first-order valence-corrected chi connectivity index (χ1v) is 7.84. The van der Waals surface area contributed by atoms with Crippen LogP contribution < -0.4 is 5.32 Å². The smallest absolute Gasteiger partial charge is 0.124 e. The summed E-state index contributed by atoms with van der Waals surface area (Å²) in [5, 5.41) is 23.4. The van der Waals surface area contributed by atoms with Crippen LogP contribution >= 0.6 is 15.9 Å². The maximum absolute atomic E-state index is 9.95. The fraction of sp³-hybridized carbons (Fsp3) is 0.294. The Hall–Kier alpha value is -1.52. The van der Waals surface area contributed by atoms with E-state index in [1.54, 1.807) is 18.2 Å². The molecule has 0 amide bonds. The Labute approximate surface area is 133 Å². The summed E-state index contributed by atoms with van der Waals surface area (Å²) >= 11 is 3.44. The van der Waals surface area contributed by atoms with E-state index >= 15 is 0 Å². The lowest BCUT2D eigenvalue weighted by atomic mass is 10.0. The second-order valence-electron chi connectivity index (χ2n) is 5.11. The van der Waals surface area contributed by atoms with Crippen LogP contribution in [0.4, 0.5) is 0 Å². The number of benzene rings is 2. The molecule has 0 radical (unpaired) electrons. The van der Waals surface area contributed by atoms with Crippen molar-refractivity contribution in [1.29, 1.82) is 0 Å². The number of nitrogens with one attached hydrogen (secondary N) is 1. The zero-order chi connectivity index (χ0) is 15.4. The lowest BCUT2D eigenvalue weighted by Crippen LogP contribution is -2.24. The first-order chi connectivity index (χ1) is 10.0. The first kappa shape index (κ1) is 15.9. The third kappa shape index (κ3) is 3.77. The van der Waals surface area contributed by atoms with Gasteiger partial charge in [0.2, 0.25) is 0 Å². The molecule has 21 heavy (non-hydrogen) atoms. The maximum atomic E-state index is 9.95. The van der Waals surface area contributed by atoms with Gasteiger partial charge in [-0.25, -0.2) is 0 Å². The molecule has 0 spiro atoms. The van der Waals surface area contributed by atoms with E-state index < -0.39 is 0 Å². The number of aromatic hydroxyl groups is 2. The Morgan fingerprint density at radius 1 is 1.05 bits per heavy atom. The summed E-state index contributed by atoms with van der Waals surface area (Å²) in [6.07, 6.45) is 0.917. The van der Waals surface area contributed by atoms with Gasteiger partial charge < -0.3 is 15.5 Å². The summed E-state index contributed by atoms with van der Waals surface area (Å²) < 4.78 is 1.05. The van der Waals surface area contributed by atoms with Crippen LogP contribution in [0.1, 0.15) is 43.5 Å². The van der Waals surface area contributed by atoms with Crippen LogP contribution in [0, 0.1) is 0 Å². The molecule has 0 aliphatic heterocycles. The van der Waals surface area contributed by atoms with Crippen molar-refractivity contribution in [2.75, 3.05) is 0 Å². The Morgan fingerprint density at radius 2 is 1.62 bits per heavy atom. The largest absolute Gasteiger partial charge is 0.507 e. The van der Waals surface area contributed by atoms with Crippen LogP contribution in [-0.2, 0) is 0 Å². The zero-order valence-corrected chi connectivity index (χ0v) is 13.8. The quantitative estimate of drug-likeness (QED) is 0.735. The normalized spacial score (nSPS) is 13.9. The standard InChI is InChI=1S/C17H20BrNO2/c1-3-14(12-7-9-13(18)10-8-12)19-11(2)17-15(20)5-4-6-16(17)21/h4-11,14,19-21H,3H2,1-2H3. The summed E-state index contributed by atoms with van der Waals surface area (Å²) in [6, 6.07) is 13.0. The number of phenols is 2. The highest BCUT2D eigenvalue weighted by atomic mass is 79.9. The molecule has 0 fully saturated rings. The summed E-state index contributed by atoms with van der Waals surface area (Å²) in [7, 11) is 0. The molecule has 2 aromatic rings. The lowest BCUT2D eigenvalue weighted by Gasteiger charge is -2.24. The molecule has 112 valence electrons. The van der Waals surface area contributed by atoms with Crippen molar-refractivity contribution >= 4 is 15.9 Å². The van der Waals surface area contributed by atoms with E-state index in [1.807, 2.05) is 19.1 Å². The van der Waals surface area contributed by atoms with E-state index in [0.29, 0.717) is 5.56 Å².